The summed E-state index contributed by atoms with van der Waals surface area (Å²) >= 11 is 0. The van der Waals surface area contributed by atoms with Crippen LogP contribution in [0, 0.1) is 27.8 Å². The highest BCUT2D eigenvalue weighted by Crippen LogP contribution is 2.39. The van der Waals surface area contributed by atoms with Crippen LogP contribution in [0.15, 0.2) is 23.1 Å². The molecule has 1 saturated carbocycles. The molecular weight excluding hydrogens is 325 g/mol. The molecule has 1 aliphatic carbocycles. The Morgan fingerprint density at radius 3 is 2.70 bits per heavy atom. The highest BCUT2D eigenvalue weighted by atomic mass is 32.2. The number of nitro groups is 1. The van der Waals surface area contributed by atoms with E-state index < -0.39 is 31.3 Å². The summed E-state index contributed by atoms with van der Waals surface area (Å²) < 4.78 is 40.8. The highest BCUT2D eigenvalue weighted by Gasteiger charge is 2.45. The average Bonchev–Trinajstić information content (AvgIpc) is 2.93. The van der Waals surface area contributed by atoms with Gasteiger partial charge in [-0.3, -0.25) is 10.1 Å². The highest BCUT2D eigenvalue weighted by molar-refractivity contribution is 7.89. The first kappa shape index (κ1) is 16.3. The lowest BCUT2D eigenvalue weighted by atomic mass is 9.78. The summed E-state index contributed by atoms with van der Waals surface area (Å²) in [7, 11) is -4.27. The molecular formula is C14H18FN3O4S. The molecule has 7 nitrogen and oxygen atoms in total. The molecule has 3 rings (SSSR count). The Hall–Kier alpha value is -1.58. The van der Waals surface area contributed by atoms with Gasteiger partial charge in [0.1, 0.15) is 5.82 Å². The van der Waals surface area contributed by atoms with Gasteiger partial charge in [0.25, 0.3) is 15.7 Å². The zero-order chi connectivity index (χ0) is 16.8. The first-order valence-electron chi connectivity index (χ1n) is 7.51. The summed E-state index contributed by atoms with van der Waals surface area (Å²) in [6.07, 6.45) is 2.66. The van der Waals surface area contributed by atoms with E-state index in [-0.39, 0.29) is 31.0 Å². The Morgan fingerprint density at radius 1 is 1.30 bits per heavy atom. The Balaban J connectivity index is 1.99. The number of nitro benzene ring substituents is 1. The second kappa shape index (κ2) is 5.81. The Kier molecular flexibility index (Phi) is 4.11. The van der Waals surface area contributed by atoms with Crippen molar-refractivity contribution in [2.45, 2.75) is 30.2 Å². The molecule has 2 N–H and O–H groups in total. The van der Waals surface area contributed by atoms with E-state index in [9.17, 15) is 22.9 Å². The van der Waals surface area contributed by atoms with Crippen LogP contribution in [0.2, 0.25) is 0 Å². The van der Waals surface area contributed by atoms with Gasteiger partial charge in [-0.2, -0.15) is 4.31 Å². The van der Waals surface area contributed by atoms with Crippen molar-refractivity contribution in [2.24, 2.45) is 17.6 Å². The van der Waals surface area contributed by atoms with Crippen LogP contribution in [0.25, 0.3) is 0 Å². The SMILES string of the molecule is NC1CCCC2CN(S(=O)(=O)c3c(F)cccc3[N+](=O)[O-])CC12. The Labute approximate surface area is 133 Å². The summed E-state index contributed by atoms with van der Waals surface area (Å²) in [5, 5.41) is 11.1. The topological polar surface area (TPSA) is 107 Å². The molecule has 1 aliphatic heterocycles. The van der Waals surface area contributed by atoms with Gasteiger partial charge in [0, 0.05) is 25.2 Å². The number of nitrogens with zero attached hydrogens (tertiary/aromatic N) is 2. The maximum Gasteiger partial charge on any atom is 0.292 e. The monoisotopic (exact) mass is 343 g/mol. The molecule has 0 aromatic heterocycles. The van der Waals surface area contributed by atoms with Crippen LogP contribution in [-0.2, 0) is 10.0 Å². The number of sulfonamides is 1. The quantitative estimate of drug-likeness (QED) is 0.661. The van der Waals surface area contributed by atoms with Gasteiger partial charge in [-0.05, 0) is 30.7 Å². The predicted molar refractivity (Wildman–Crippen MR) is 80.6 cm³/mol. The molecule has 2 fully saturated rings. The van der Waals surface area contributed by atoms with E-state index in [1.54, 1.807) is 0 Å². The van der Waals surface area contributed by atoms with E-state index >= 15 is 0 Å². The standard InChI is InChI=1S/C14H18FN3O4S/c15-11-4-2-6-13(18(19)20)14(11)23(21,22)17-7-9-3-1-5-12(16)10(9)8-17/h2,4,6,9-10,12H,1,3,5,7-8,16H2. The van der Waals surface area contributed by atoms with Crippen molar-refractivity contribution in [1.82, 2.24) is 4.31 Å². The number of benzene rings is 1. The van der Waals surface area contributed by atoms with E-state index in [1.807, 2.05) is 0 Å². The number of fused-ring (bicyclic) bond motifs is 1. The average molecular weight is 343 g/mol. The molecule has 0 amide bonds. The van der Waals surface area contributed by atoms with E-state index in [1.165, 1.54) is 0 Å². The lowest BCUT2D eigenvalue weighted by Gasteiger charge is -2.29. The third-order valence-electron chi connectivity index (χ3n) is 4.86. The normalized spacial score (nSPS) is 28.5. The fourth-order valence-corrected chi connectivity index (χ4v) is 5.43. The van der Waals surface area contributed by atoms with Gasteiger partial charge in [0.2, 0.25) is 0 Å². The van der Waals surface area contributed by atoms with E-state index in [0.29, 0.717) is 0 Å². The molecule has 9 heteroatoms. The van der Waals surface area contributed by atoms with Gasteiger partial charge in [-0.15, -0.1) is 0 Å². The molecule has 1 aromatic carbocycles. The summed E-state index contributed by atoms with van der Waals surface area (Å²) in [5.74, 6) is -0.929. The van der Waals surface area contributed by atoms with Gasteiger partial charge >= 0.3 is 0 Å². The number of halogens is 1. The van der Waals surface area contributed by atoms with Gasteiger partial charge in [-0.1, -0.05) is 12.5 Å². The molecule has 126 valence electrons. The van der Waals surface area contributed by atoms with Crippen LogP contribution < -0.4 is 5.73 Å². The zero-order valence-corrected chi connectivity index (χ0v) is 13.2. The van der Waals surface area contributed by atoms with E-state index in [2.05, 4.69) is 0 Å². The first-order chi connectivity index (χ1) is 10.8. The number of hydrogen-bond acceptors (Lipinski definition) is 5. The molecule has 3 unspecified atom stereocenters. The van der Waals surface area contributed by atoms with Crippen molar-refractivity contribution in [3.05, 3.63) is 34.1 Å². The Morgan fingerprint density at radius 2 is 2.04 bits per heavy atom. The van der Waals surface area contributed by atoms with Gasteiger partial charge in [0.15, 0.2) is 4.90 Å². The number of rotatable bonds is 3. The second-order valence-corrected chi connectivity index (χ2v) is 8.06. The summed E-state index contributed by atoms with van der Waals surface area (Å²) in [5.41, 5.74) is 5.34. The summed E-state index contributed by atoms with van der Waals surface area (Å²) in [6, 6.07) is 2.98. The van der Waals surface area contributed by atoms with Crippen LogP contribution in [0.4, 0.5) is 10.1 Å². The van der Waals surface area contributed by atoms with Crippen LogP contribution in [-0.4, -0.2) is 36.8 Å². The minimum absolute atomic E-state index is 0.0318. The summed E-state index contributed by atoms with van der Waals surface area (Å²) in [4.78, 5) is 9.35. The van der Waals surface area contributed by atoms with Gasteiger partial charge < -0.3 is 5.73 Å². The van der Waals surface area contributed by atoms with E-state index in [4.69, 9.17) is 5.73 Å². The molecule has 1 saturated heterocycles. The third kappa shape index (κ3) is 2.73. The number of nitrogens with two attached hydrogens (primary N) is 1. The molecule has 2 aliphatic rings. The lowest BCUT2D eigenvalue weighted by Crippen LogP contribution is -2.38. The van der Waals surface area contributed by atoms with Crippen molar-refractivity contribution in [3.63, 3.8) is 0 Å². The molecule has 1 aromatic rings. The van der Waals surface area contributed by atoms with Crippen LogP contribution in [0.3, 0.4) is 0 Å². The smallest absolute Gasteiger partial charge is 0.292 e. The van der Waals surface area contributed by atoms with Crippen LogP contribution in [0.1, 0.15) is 19.3 Å². The van der Waals surface area contributed by atoms with Crippen LogP contribution >= 0.6 is 0 Å². The lowest BCUT2D eigenvalue weighted by molar-refractivity contribution is -0.388. The minimum Gasteiger partial charge on any atom is -0.327 e. The van der Waals surface area contributed by atoms with Crippen molar-refractivity contribution in [2.75, 3.05) is 13.1 Å². The molecule has 1 heterocycles. The van der Waals surface area contributed by atoms with Crippen LogP contribution in [0.5, 0.6) is 0 Å². The Bertz CT molecular complexity index is 740. The molecule has 0 spiro atoms. The maximum atomic E-state index is 14.1. The molecule has 0 bridgehead atoms. The van der Waals surface area contributed by atoms with Crippen molar-refractivity contribution < 1.29 is 17.7 Å². The molecule has 3 atom stereocenters. The molecule has 0 radical (unpaired) electrons. The van der Waals surface area contributed by atoms with E-state index in [0.717, 1.165) is 41.8 Å². The number of hydrogen-bond donors (Lipinski definition) is 1. The maximum absolute atomic E-state index is 14.1. The largest absolute Gasteiger partial charge is 0.327 e. The zero-order valence-electron chi connectivity index (χ0n) is 12.4. The second-order valence-electron chi connectivity index (χ2n) is 6.19. The van der Waals surface area contributed by atoms with Crippen molar-refractivity contribution in [1.29, 1.82) is 0 Å². The van der Waals surface area contributed by atoms with Crippen molar-refractivity contribution >= 4 is 15.7 Å². The summed E-state index contributed by atoms with van der Waals surface area (Å²) in [6.45, 7) is 0.436. The fourth-order valence-electron chi connectivity index (χ4n) is 3.70. The minimum atomic E-state index is -4.27. The third-order valence-corrected chi connectivity index (χ3v) is 6.76. The van der Waals surface area contributed by atoms with Gasteiger partial charge in [0.05, 0.1) is 4.92 Å². The predicted octanol–water partition coefficient (Wildman–Crippen LogP) is 1.48. The fraction of sp³-hybridized carbons (Fsp3) is 0.571. The first-order valence-corrected chi connectivity index (χ1v) is 8.95. The van der Waals surface area contributed by atoms with Crippen molar-refractivity contribution in [3.8, 4) is 0 Å². The van der Waals surface area contributed by atoms with Gasteiger partial charge in [-0.25, -0.2) is 12.8 Å². The molecule has 23 heavy (non-hydrogen) atoms.